The molecular formula is C25H26Cl2N4O5S. The van der Waals surface area contributed by atoms with Crippen LogP contribution in [0.2, 0.25) is 10.0 Å². The standard InChI is InChI=1S/C25H26Cl2N4O5S/c1-37-19-7-5-15(21(26)22(19)27)6-8-20(32)31-12-9-16(10-13-31)23(33)30-18(25(35)36)14-29-24(34)17-4-2-3-11-28-17/h2-8,11,16,18H,9-10,12-14H2,1H3,(H,29,34)(H,30,33)(H,35,36). The number of nitrogens with zero attached hydrogens (tertiary/aromatic N) is 2. The molecule has 1 aromatic carbocycles. The number of pyridine rings is 1. The first kappa shape index (κ1) is 28.5. The molecule has 3 rings (SSSR count). The highest BCUT2D eigenvalue weighted by atomic mass is 35.5. The average Bonchev–Trinajstić information content (AvgIpc) is 2.91. The van der Waals surface area contributed by atoms with Gasteiger partial charge in [-0.3, -0.25) is 19.4 Å². The zero-order valence-electron chi connectivity index (χ0n) is 19.9. The summed E-state index contributed by atoms with van der Waals surface area (Å²) in [6.45, 7) is 0.397. The Balaban J connectivity index is 1.50. The van der Waals surface area contributed by atoms with Gasteiger partial charge in [-0.2, -0.15) is 0 Å². The molecule has 2 aromatic rings. The van der Waals surface area contributed by atoms with Gasteiger partial charge in [0, 0.05) is 42.7 Å². The second kappa shape index (κ2) is 13.5. The number of thioether (sulfide) groups is 1. The van der Waals surface area contributed by atoms with Gasteiger partial charge in [0.2, 0.25) is 11.8 Å². The Morgan fingerprint density at radius 3 is 2.51 bits per heavy atom. The summed E-state index contributed by atoms with van der Waals surface area (Å²) >= 11 is 14.0. The number of nitrogens with one attached hydrogen (secondary N) is 2. The van der Waals surface area contributed by atoms with Gasteiger partial charge in [-0.25, -0.2) is 4.79 Å². The predicted octanol–water partition coefficient (Wildman–Crippen LogP) is 3.36. The second-order valence-electron chi connectivity index (χ2n) is 8.24. The summed E-state index contributed by atoms with van der Waals surface area (Å²) in [5.41, 5.74) is 0.772. The Morgan fingerprint density at radius 2 is 1.89 bits per heavy atom. The highest BCUT2D eigenvalue weighted by molar-refractivity contribution is 7.98. The highest BCUT2D eigenvalue weighted by Crippen LogP contribution is 2.35. The second-order valence-corrected chi connectivity index (χ2v) is 9.85. The number of benzene rings is 1. The lowest BCUT2D eigenvalue weighted by Crippen LogP contribution is -2.51. The number of aliphatic carboxylic acids is 1. The maximum Gasteiger partial charge on any atom is 0.328 e. The van der Waals surface area contributed by atoms with Gasteiger partial charge in [-0.05, 0) is 48.9 Å². The first-order chi connectivity index (χ1) is 17.7. The van der Waals surface area contributed by atoms with Crippen LogP contribution in [0.3, 0.4) is 0 Å². The Kier molecular flexibility index (Phi) is 10.4. The van der Waals surface area contributed by atoms with Crippen molar-refractivity contribution in [1.29, 1.82) is 0 Å². The number of rotatable bonds is 9. The monoisotopic (exact) mass is 564 g/mol. The molecule has 2 heterocycles. The largest absolute Gasteiger partial charge is 0.480 e. The van der Waals surface area contributed by atoms with Crippen LogP contribution in [0.25, 0.3) is 6.08 Å². The molecule has 3 amide bonds. The molecule has 12 heteroatoms. The molecule has 0 bridgehead atoms. The molecule has 37 heavy (non-hydrogen) atoms. The van der Waals surface area contributed by atoms with Crippen molar-refractivity contribution in [1.82, 2.24) is 20.5 Å². The molecule has 3 N–H and O–H groups in total. The van der Waals surface area contributed by atoms with E-state index in [9.17, 15) is 24.3 Å². The van der Waals surface area contributed by atoms with Gasteiger partial charge >= 0.3 is 5.97 Å². The molecule has 0 aliphatic carbocycles. The maximum atomic E-state index is 12.7. The van der Waals surface area contributed by atoms with Crippen molar-refractivity contribution in [2.24, 2.45) is 5.92 Å². The minimum atomic E-state index is -1.29. The van der Waals surface area contributed by atoms with Gasteiger partial charge in [-0.1, -0.05) is 35.3 Å². The summed E-state index contributed by atoms with van der Waals surface area (Å²) in [5, 5.41) is 15.2. The van der Waals surface area contributed by atoms with Crippen LogP contribution >= 0.6 is 35.0 Å². The topological polar surface area (TPSA) is 129 Å². The summed E-state index contributed by atoms with van der Waals surface area (Å²) in [5.74, 6) is -2.91. The number of halogens is 2. The van der Waals surface area contributed by atoms with Crippen molar-refractivity contribution in [2.75, 3.05) is 25.9 Å². The number of piperidine rings is 1. The van der Waals surface area contributed by atoms with E-state index in [0.717, 1.165) is 4.90 Å². The molecule has 1 saturated heterocycles. The summed E-state index contributed by atoms with van der Waals surface area (Å²) in [6, 6.07) is 7.12. The van der Waals surface area contributed by atoms with Crippen LogP contribution < -0.4 is 10.6 Å². The van der Waals surface area contributed by atoms with Crippen LogP contribution in [0.15, 0.2) is 47.5 Å². The average molecular weight is 565 g/mol. The molecule has 0 radical (unpaired) electrons. The molecule has 1 fully saturated rings. The summed E-state index contributed by atoms with van der Waals surface area (Å²) in [6.07, 6.45) is 7.13. The number of carboxylic acids is 1. The Bertz CT molecular complexity index is 1190. The molecule has 1 aromatic heterocycles. The lowest BCUT2D eigenvalue weighted by atomic mass is 9.95. The fraction of sp³-hybridized carbons (Fsp3) is 0.320. The SMILES string of the molecule is CSc1ccc(C=CC(=O)N2CCC(C(=O)NC(CNC(=O)c3ccccn3)C(=O)O)CC2)c(Cl)c1Cl. The third-order valence-corrected chi connectivity index (χ3v) is 7.65. The zero-order valence-corrected chi connectivity index (χ0v) is 22.3. The molecule has 196 valence electrons. The lowest BCUT2D eigenvalue weighted by molar-refractivity contribution is -0.142. The van der Waals surface area contributed by atoms with Crippen molar-refractivity contribution in [3.8, 4) is 0 Å². The summed E-state index contributed by atoms with van der Waals surface area (Å²) in [4.78, 5) is 55.4. The van der Waals surface area contributed by atoms with E-state index in [4.69, 9.17) is 23.2 Å². The normalized spacial score (nSPS) is 14.8. The van der Waals surface area contributed by atoms with E-state index in [-0.39, 0.29) is 18.1 Å². The molecule has 0 saturated carbocycles. The number of hydrogen-bond donors (Lipinski definition) is 3. The Morgan fingerprint density at radius 1 is 1.16 bits per heavy atom. The van der Waals surface area contributed by atoms with Crippen molar-refractivity contribution in [3.05, 3.63) is 63.9 Å². The number of carbonyl (C=O) groups is 4. The van der Waals surface area contributed by atoms with E-state index in [0.29, 0.717) is 41.5 Å². The summed E-state index contributed by atoms with van der Waals surface area (Å²) in [7, 11) is 0. The van der Waals surface area contributed by atoms with Gasteiger partial charge in [-0.15, -0.1) is 11.8 Å². The molecule has 9 nitrogen and oxygen atoms in total. The van der Waals surface area contributed by atoms with Gasteiger partial charge in [0.15, 0.2) is 0 Å². The highest BCUT2D eigenvalue weighted by Gasteiger charge is 2.30. The minimum absolute atomic E-state index is 0.145. The van der Waals surface area contributed by atoms with E-state index in [2.05, 4.69) is 15.6 Å². The predicted molar refractivity (Wildman–Crippen MR) is 143 cm³/mol. The van der Waals surface area contributed by atoms with Gasteiger partial charge < -0.3 is 20.6 Å². The molecule has 1 unspecified atom stereocenters. The number of carboxylic acid groups (broad SMARTS) is 1. The van der Waals surface area contributed by atoms with Crippen molar-refractivity contribution in [2.45, 2.75) is 23.8 Å². The number of amides is 3. The molecule has 0 spiro atoms. The summed E-state index contributed by atoms with van der Waals surface area (Å²) < 4.78 is 0. The molecule has 1 aliphatic heterocycles. The number of likely N-dealkylation sites (tertiary alicyclic amines) is 1. The third kappa shape index (κ3) is 7.70. The van der Waals surface area contributed by atoms with Crippen LogP contribution in [-0.2, 0) is 14.4 Å². The van der Waals surface area contributed by atoms with E-state index in [1.165, 1.54) is 30.1 Å². The maximum absolute atomic E-state index is 12.7. The van der Waals surface area contributed by atoms with Gasteiger partial charge in [0.05, 0.1) is 10.0 Å². The van der Waals surface area contributed by atoms with E-state index < -0.39 is 29.7 Å². The number of carbonyl (C=O) groups excluding carboxylic acids is 3. The van der Waals surface area contributed by atoms with Crippen molar-refractivity contribution < 1.29 is 24.3 Å². The van der Waals surface area contributed by atoms with Gasteiger partial charge in [0.1, 0.15) is 11.7 Å². The van der Waals surface area contributed by atoms with E-state index in [1.807, 2.05) is 12.3 Å². The van der Waals surface area contributed by atoms with Crippen LogP contribution in [0, 0.1) is 5.92 Å². The third-order valence-electron chi connectivity index (χ3n) is 5.86. The smallest absolute Gasteiger partial charge is 0.328 e. The van der Waals surface area contributed by atoms with Crippen LogP contribution in [0.5, 0.6) is 0 Å². The quantitative estimate of drug-likeness (QED) is 0.314. The van der Waals surface area contributed by atoms with Crippen molar-refractivity contribution in [3.63, 3.8) is 0 Å². The molecule has 1 aliphatic rings. The fourth-order valence-electron chi connectivity index (χ4n) is 3.73. The fourth-order valence-corrected chi connectivity index (χ4v) is 4.91. The van der Waals surface area contributed by atoms with E-state index >= 15 is 0 Å². The molecule has 1 atom stereocenters. The first-order valence-electron chi connectivity index (χ1n) is 11.4. The van der Waals surface area contributed by atoms with Crippen LogP contribution in [-0.4, -0.2) is 70.6 Å². The molecular weight excluding hydrogens is 539 g/mol. The first-order valence-corrected chi connectivity index (χ1v) is 13.4. The lowest BCUT2D eigenvalue weighted by Gasteiger charge is -2.31. The number of hydrogen-bond acceptors (Lipinski definition) is 6. The van der Waals surface area contributed by atoms with Crippen LogP contribution in [0.4, 0.5) is 0 Å². The zero-order chi connectivity index (χ0) is 26.9. The Hall–Kier alpha value is -3.08. The number of aromatic nitrogens is 1. The van der Waals surface area contributed by atoms with Crippen molar-refractivity contribution >= 4 is 64.7 Å². The van der Waals surface area contributed by atoms with Crippen LogP contribution in [0.1, 0.15) is 28.9 Å². The van der Waals surface area contributed by atoms with E-state index in [1.54, 1.807) is 29.2 Å². The Labute approximate surface area is 228 Å². The van der Waals surface area contributed by atoms with Gasteiger partial charge in [0.25, 0.3) is 5.91 Å². The minimum Gasteiger partial charge on any atom is -0.480 e.